The van der Waals surface area contributed by atoms with Crippen molar-refractivity contribution in [3.05, 3.63) is 93.5 Å². The zero-order valence-electron chi connectivity index (χ0n) is 14.3. The van der Waals surface area contributed by atoms with Gasteiger partial charge in [0.2, 0.25) is 0 Å². The Morgan fingerprint density at radius 1 is 0.929 bits per heavy atom. The first-order chi connectivity index (χ1) is 13.3. The second-order valence-electron chi connectivity index (χ2n) is 5.65. The van der Waals surface area contributed by atoms with Crippen LogP contribution in [0.4, 0.5) is 5.69 Å². The van der Waals surface area contributed by atoms with Crippen LogP contribution in [0.2, 0.25) is 5.02 Å². The van der Waals surface area contributed by atoms with Crippen molar-refractivity contribution in [1.29, 1.82) is 0 Å². The Labute approximate surface area is 166 Å². The molecule has 28 heavy (non-hydrogen) atoms. The third kappa shape index (κ3) is 4.79. The summed E-state index contributed by atoms with van der Waals surface area (Å²) in [5.74, 6) is 0.552. The highest BCUT2D eigenvalue weighted by atomic mass is 35.5. The van der Waals surface area contributed by atoms with E-state index in [0.717, 1.165) is 23.8 Å². The fourth-order valence-corrected chi connectivity index (χ4v) is 3.73. The lowest BCUT2D eigenvalue weighted by atomic mass is 10.2. The van der Waals surface area contributed by atoms with Gasteiger partial charge in [-0.3, -0.25) is 10.1 Å². The molecule has 0 radical (unpaired) electrons. The lowest BCUT2D eigenvalue weighted by Crippen LogP contribution is -2.10. The van der Waals surface area contributed by atoms with Crippen LogP contribution < -0.4 is 8.92 Å². The van der Waals surface area contributed by atoms with Crippen molar-refractivity contribution in [2.24, 2.45) is 0 Å². The van der Waals surface area contributed by atoms with Crippen LogP contribution in [-0.2, 0) is 16.7 Å². The van der Waals surface area contributed by atoms with E-state index in [-0.39, 0.29) is 10.8 Å². The van der Waals surface area contributed by atoms with Gasteiger partial charge in [-0.05, 0) is 35.9 Å². The molecule has 144 valence electrons. The molecule has 3 rings (SSSR count). The molecule has 0 amide bonds. The van der Waals surface area contributed by atoms with Crippen LogP contribution in [0.1, 0.15) is 5.56 Å². The van der Waals surface area contributed by atoms with E-state index in [1.165, 1.54) is 12.1 Å². The minimum atomic E-state index is -4.35. The number of hydrogen-bond acceptors (Lipinski definition) is 6. The van der Waals surface area contributed by atoms with Crippen molar-refractivity contribution in [2.45, 2.75) is 11.5 Å². The summed E-state index contributed by atoms with van der Waals surface area (Å²) in [6.07, 6.45) is 0. The fourth-order valence-electron chi connectivity index (χ4n) is 2.30. The molecule has 0 saturated heterocycles. The van der Waals surface area contributed by atoms with Gasteiger partial charge in [-0.1, -0.05) is 41.9 Å². The molecule has 0 aliphatic carbocycles. The second kappa shape index (κ2) is 8.28. The molecule has 0 aliphatic rings. The number of nitro benzene ring substituents is 1. The lowest BCUT2D eigenvalue weighted by Gasteiger charge is -2.10. The maximum Gasteiger partial charge on any atom is 0.340 e. The van der Waals surface area contributed by atoms with E-state index in [1.54, 1.807) is 12.1 Å². The lowest BCUT2D eigenvalue weighted by molar-refractivity contribution is -0.385. The number of hydrogen-bond donors (Lipinski definition) is 0. The van der Waals surface area contributed by atoms with Gasteiger partial charge in [0.05, 0.1) is 9.95 Å². The summed E-state index contributed by atoms with van der Waals surface area (Å²) in [7, 11) is -4.35. The molecule has 3 aromatic rings. The molecule has 0 aromatic heterocycles. The van der Waals surface area contributed by atoms with E-state index in [1.807, 2.05) is 30.3 Å². The molecule has 0 fully saturated rings. The Morgan fingerprint density at radius 2 is 1.57 bits per heavy atom. The molecular formula is C19H14ClNO6S. The van der Waals surface area contributed by atoms with Crippen LogP contribution >= 0.6 is 11.6 Å². The Kier molecular flexibility index (Phi) is 5.81. The summed E-state index contributed by atoms with van der Waals surface area (Å²) in [4.78, 5) is 9.67. The molecule has 0 saturated carbocycles. The molecule has 9 heteroatoms. The van der Waals surface area contributed by atoms with Gasteiger partial charge in [0.1, 0.15) is 23.0 Å². The molecule has 0 heterocycles. The Balaban J connectivity index is 1.72. The predicted molar refractivity (Wildman–Crippen MR) is 103 cm³/mol. The van der Waals surface area contributed by atoms with Gasteiger partial charge in [0.25, 0.3) is 5.69 Å². The van der Waals surface area contributed by atoms with Gasteiger partial charge in [-0.2, -0.15) is 8.42 Å². The normalized spacial score (nSPS) is 11.0. The molecule has 0 unspecified atom stereocenters. The third-order valence-corrected chi connectivity index (χ3v) is 5.40. The number of ether oxygens (including phenoxy) is 1. The van der Waals surface area contributed by atoms with Gasteiger partial charge in [-0.15, -0.1) is 0 Å². The van der Waals surface area contributed by atoms with E-state index in [2.05, 4.69) is 0 Å². The zero-order valence-corrected chi connectivity index (χ0v) is 15.9. The summed E-state index contributed by atoms with van der Waals surface area (Å²) in [6, 6.07) is 18.6. The van der Waals surface area contributed by atoms with Crippen LogP contribution in [0.5, 0.6) is 11.5 Å². The van der Waals surface area contributed by atoms with Crippen LogP contribution in [0.15, 0.2) is 77.7 Å². The van der Waals surface area contributed by atoms with E-state index in [9.17, 15) is 18.5 Å². The van der Waals surface area contributed by atoms with E-state index in [4.69, 9.17) is 20.5 Å². The van der Waals surface area contributed by atoms with Crippen LogP contribution in [0, 0.1) is 10.1 Å². The quantitative estimate of drug-likeness (QED) is 0.315. The first-order valence-electron chi connectivity index (χ1n) is 8.00. The van der Waals surface area contributed by atoms with E-state index in [0.29, 0.717) is 12.4 Å². The van der Waals surface area contributed by atoms with Crippen molar-refractivity contribution in [3.63, 3.8) is 0 Å². The Hall–Kier alpha value is -3.10. The predicted octanol–water partition coefficient (Wildman–Crippen LogP) is 4.59. The topological polar surface area (TPSA) is 95.7 Å². The molecule has 0 bridgehead atoms. The highest BCUT2D eigenvalue weighted by Gasteiger charge is 2.23. The summed E-state index contributed by atoms with van der Waals surface area (Å²) < 4.78 is 35.5. The van der Waals surface area contributed by atoms with Crippen LogP contribution in [-0.4, -0.2) is 13.3 Å². The largest absolute Gasteiger partial charge is 0.489 e. The second-order valence-corrected chi connectivity index (χ2v) is 7.58. The van der Waals surface area contributed by atoms with Gasteiger partial charge >= 0.3 is 10.1 Å². The summed E-state index contributed by atoms with van der Waals surface area (Å²) in [5.41, 5.74) is 0.585. The molecule has 3 aromatic carbocycles. The number of benzene rings is 3. The number of rotatable bonds is 7. The minimum absolute atomic E-state index is 0.0228. The third-order valence-electron chi connectivity index (χ3n) is 3.67. The highest BCUT2D eigenvalue weighted by Crippen LogP contribution is 2.29. The maximum atomic E-state index is 12.4. The Morgan fingerprint density at radius 3 is 2.21 bits per heavy atom. The average Bonchev–Trinajstić information content (AvgIpc) is 2.68. The number of nitrogens with zero attached hydrogens (tertiary/aromatic N) is 1. The first-order valence-corrected chi connectivity index (χ1v) is 9.79. The monoisotopic (exact) mass is 419 g/mol. The molecule has 7 nitrogen and oxygen atoms in total. The molecule has 0 spiro atoms. The van der Waals surface area contributed by atoms with E-state index >= 15 is 0 Å². The minimum Gasteiger partial charge on any atom is -0.489 e. The molecule has 0 aliphatic heterocycles. The highest BCUT2D eigenvalue weighted by molar-refractivity contribution is 7.87. The van der Waals surface area contributed by atoms with E-state index < -0.39 is 25.6 Å². The zero-order chi connectivity index (χ0) is 20.1. The standard InChI is InChI=1S/C19H14ClNO6S/c20-18-11-6-15(21(22)23)12-19(18)28(24,25)27-17-9-7-16(8-10-17)26-13-14-4-2-1-3-5-14/h1-12H,13H2. The average molecular weight is 420 g/mol. The Bertz CT molecular complexity index is 1090. The van der Waals surface area contributed by atoms with Crippen molar-refractivity contribution in [1.82, 2.24) is 0 Å². The summed E-state index contributed by atoms with van der Waals surface area (Å²) >= 11 is 5.87. The number of nitro groups is 1. The number of non-ortho nitro benzene ring substituents is 1. The number of halogens is 1. The van der Waals surface area contributed by atoms with Gasteiger partial charge in [0.15, 0.2) is 0 Å². The SMILES string of the molecule is O=[N+]([O-])c1ccc(Cl)c(S(=O)(=O)Oc2ccc(OCc3ccccc3)cc2)c1. The summed E-state index contributed by atoms with van der Waals surface area (Å²) in [5, 5.41) is 10.7. The van der Waals surface area contributed by atoms with Crippen molar-refractivity contribution in [3.8, 4) is 11.5 Å². The summed E-state index contributed by atoms with van der Waals surface area (Å²) in [6.45, 7) is 0.364. The molecule has 0 atom stereocenters. The first kappa shape index (κ1) is 19.7. The van der Waals surface area contributed by atoms with Gasteiger partial charge in [0, 0.05) is 12.1 Å². The smallest absolute Gasteiger partial charge is 0.340 e. The van der Waals surface area contributed by atoms with Crippen molar-refractivity contribution >= 4 is 27.4 Å². The van der Waals surface area contributed by atoms with Gasteiger partial charge < -0.3 is 8.92 Å². The van der Waals surface area contributed by atoms with Gasteiger partial charge in [-0.25, -0.2) is 0 Å². The molecule has 0 N–H and O–H groups in total. The van der Waals surface area contributed by atoms with Crippen LogP contribution in [0.25, 0.3) is 0 Å². The molecular weight excluding hydrogens is 406 g/mol. The fraction of sp³-hybridized carbons (Fsp3) is 0.0526. The van der Waals surface area contributed by atoms with Crippen molar-refractivity contribution in [2.75, 3.05) is 0 Å². The van der Waals surface area contributed by atoms with Crippen LogP contribution in [0.3, 0.4) is 0 Å². The maximum absolute atomic E-state index is 12.4. The van der Waals surface area contributed by atoms with Crippen molar-refractivity contribution < 1.29 is 22.3 Å².